The van der Waals surface area contributed by atoms with Crippen molar-refractivity contribution in [1.82, 2.24) is 4.90 Å². The number of para-hydroxylation sites is 1. The minimum Gasteiger partial charge on any atom is -0.494 e. The predicted octanol–water partition coefficient (Wildman–Crippen LogP) is 2.85. The van der Waals surface area contributed by atoms with Gasteiger partial charge in [-0.1, -0.05) is 18.2 Å². The Kier molecular flexibility index (Phi) is 7.20. The van der Waals surface area contributed by atoms with Crippen molar-refractivity contribution in [2.45, 2.75) is 26.7 Å². The Bertz CT molecular complexity index is 436. The lowest BCUT2D eigenvalue weighted by Crippen LogP contribution is -2.35. The molecule has 0 aliphatic heterocycles. The second kappa shape index (κ2) is 8.98. The highest BCUT2D eigenvalue weighted by Gasteiger charge is 2.21. The molecule has 4 nitrogen and oxygen atoms in total. The Morgan fingerprint density at radius 1 is 1.30 bits per heavy atom. The molecule has 0 radical (unpaired) electrons. The lowest BCUT2D eigenvalue weighted by Gasteiger charge is -2.21. The molecule has 0 saturated carbocycles. The van der Waals surface area contributed by atoms with Gasteiger partial charge < -0.3 is 9.64 Å². The first-order chi connectivity index (χ1) is 9.72. The number of benzene rings is 1. The summed E-state index contributed by atoms with van der Waals surface area (Å²) >= 11 is 0. The summed E-state index contributed by atoms with van der Waals surface area (Å²) in [6, 6.07) is 11.6. The molecule has 0 saturated heterocycles. The van der Waals surface area contributed by atoms with E-state index in [2.05, 4.69) is 6.07 Å². The van der Waals surface area contributed by atoms with Gasteiger partial charge in [0.25, 0.3) is 0 Å². The summed E-state index contributed by atoms with van der Waals surface area (Å²) in [5, 5.41) is 9.11. The maximum atomic E-state index is 12.1. The molecular formula is C16H22N2O2. The lowest BCUT2D eigenvalue weighted by molar-refractivity contribution is -0.133. The number of rotatable bonds is 8. The van der Waals surface area contributed by atoms with E-state index in [-0.39, 0.29) is 5.91 Å². The summed E-state index contributed by atoms with van der Waals surface area (Å²) in [7, 11) is 0. The minimum atomic E-state index is -0.561. The maximum absolute atomic E-state index is 12.1. The van der Waals surface area contributed by atoms with E-state index in [1.165, 1.54) is 0 Å². The zero-order valence-corrected chi connectivity index (χ0v) is 12.2. The molecule has 1 aromatic rings. The summed E-state index contributed by atoms with van der Waals surface area (Å²) in [5.41, 5.74) is 0. The summed E-state index contributed by atoms with van der Waals surface area (Å²) in [5.74, 6) is 0.183. The summed E-state index contributed by atoms with van der Waals surface area (Å²) in [4.78, 5) is 13.8. The third-order valence-electron chi connectivity index (χ3n) is 3.18. The second-order valence-electron chi connectivity index (χ2n) is 4.50. The number of hydrogen-bond acceptors (Lipinski definition) is 3. The topological polar surface area (TPSA) is 53.3 Å². The van der Waals surface area contributed by atoms with Crippen LogP contribution in [0.2, 0.25) is 0 Å². The molecule has 108 valence electrons. The standard InChI is InChI=1S/C16H22N2O2/c1-3-18(4-2)16(19)14(13-17)9-8-12-20-15-10-6-5-7-11-15/h5-7,10-11,14H,3-4,8-9,12H2,1-2H3. The molecule has 1 unspecified atom stereocenters. The van der Waals surface area contributed by atoms with E-state index in [9.17, 15) is 4.79 Å². The van der Waals surface area contributed by atoms with Crippen molar-refractivity contribution in [2.75, 3.05) is 19.7 Å². The molecule has 1 rings (SSSR count). The Balaban J connectivity index is 2.35. The van der Waals surface area contributed by atoms with Gasteiger partial charge in [-0.05, 0) is 38.8 Å². The molecule has 0 heterocycles. The SMILES string of the molecule is CCN(CC)C(=O)C(C#N)CCCOc1ccccc1. The molecule has 0 aromatic heterocycles. The van der Waals surface area contributed by atoms with Gasteiger partial charge in [0, 0.05) is 13.1 Å². The van der Waals surface area contributed by atoms with Gasteiger partial charge in [0.05, 0.1) is 12.7 Å². The van der Waals surface area contributed by atoms with E-state index < -0.39 is 5.92 Å². The highest BCUT2D eigenvalue weighted by atomic mass is 16.5. The van der Waals surface area contributed by atoms with Crippen LogP contribution in [-0.4, -0.2) is 30.5 Å². The van der Waals surface area contributed by atoms with Gasteiger partial charge in [-0.15, -0.1) is 0 Å². The van der Waals surface area contributed by atoms with Crippen molar-refractivity contribution in [3.05, 3.63) is 30.3 Å². The lowest BCUT2D eigenvalue weighted by atomic mass is 10.0. The van der Waals surface area contributed by atoms with Crippen LogP contribution in [0.3, 0.4) is 0 Å². The van der Waals surface area contributed by atoms with E-state index in [1.54, 1.807) is 4.90 Å². The molecule has 1 aromatic carbocycles. The van der Waals surface area contributed by atoms with Crippen LogP contribution in [0.1, 0.15) is 26.7 Å². The zero-order valence-electron chi connectivity index (χ0n) is 12.2. The average Bonchev–Trinajstić information content (AvgIpc) is 2.49. The summed E-state index contributed by atoms with van der Waals surface area (Å²) in [6.45, 7) is 5.67. The molecule has 0 spiro atoms. The summed E-state index contributed by atoms with van der Waals surface area (Å²) < 4.78 is 5.56. The van der Waals surface area contributed by atoms with Crippen molar-refractivity contribution < 1.29 is 9.53 Å². The van der Waals surface area contributed by atoms with Gasteiger partial charge in [-0.3, -0.25) is 4.79 Å². The average molecular weight is 274 g/mol. The van der Waals surface area contributed by atoms with Crippen LogP contribution < -0.4 is 4.74 Å². The van der Waals surface area contributed by atoms with Gasteiger partial charge >= 0.3 is 0 Å². The van der Waals surface area contributed by atoms with Gasteiger partial charge in [0.1, 0.15) is 11.7 Å². The Hall–Kier alpha value is -2.02. The monoisotopic (exact) mass is 274 g/mol. The van der Waals surface area contributed by atoms with Gasteiger partial charge in [0.15, 0.2) is 0 Å². The highest BCUT2D eigenvalue weighted by molar-refractivity contribution is 5.81. The van der Waals surface area contributed by atoms with E-state index in [1.807, 2.05) is 44.2 Å². The molecule has 0 aliphatic rings. The van der Waals surface area contributed by atoms with Gasteiger partial charge in [0.2, 0.25) is 5.91 Å². The van der Waals surface area contributed by atoms with E-state index in [0.717, 1.165) is 5.75 Å². The molecule has 0 fully saturated rings. The van der Waals surface area contributed by atoms with E-state index in [4.69, 9.17) is 10.00 Å². The van der Waals surface area contributed by atoms with Crippen molar-refractivity contribution in [1.29, 1.82) is 5.26 Å². The van der Waals surface area contributed by atoms with Crippen LogP contribution in [0, 0.1) is 17.2 Å². The summed E-state index contributed by atoms with van der Waals surface area (Å²) in [6.07, 6.45) is 1.23. The molecule has 0 aliphatic carbocycles. The molecule has 4 heteroatoms. The smallest absolute Gasteiger partial charge is 0.239 e. The predicted molar refractivity (Wildman–Crippen MR) is 78.2 cm³/mol. The molecule has 1 atom stereocenters. The van der Waals surface area contributed by atoms with E-state index >= 15 is 0 Å². The third kappa shape index (κ3) is 4.93. The fraction of sp³-hybridized carbons (Fsp3) is 0.500. The number of ether oxygens (including phenoxy) is 1. The largest absolute Gasteiger partial charge is 0.494 e. The van der Waals surface area contributed by atoms with Crippen LogP contribution in [0.4, 0.5) is 0 Å². The maximum Gasteiger partial charge on any atom is 0.239 e. The van der Waals surface area contributed by atoms with Crippen molar-refractivity contribution in [3.63, 3.8) is 0 Å². The molecule has 20 heavy (non-hydrogen) atoms. The highest BCUT2D eigenvalue weighted by Crippen LogP contribution is 2.12. The molecule has 0 N–H and O–H groups in total. The number of hydrogen-bond donors (Lipinski definition) is 0. The van der Waals surface area contributed by atoms with Crippen molar-refractivity contribution in [2.24, 2.45) is 5.92 Å². The second-order valence-corrected chi connectivity index (χ2v) is 4.50. The zero-order chi connectivity index (χ0) is 14.8. The van der Waals surface area contributed by atoms with Crippen LogP contribution in [0.25, 0.3) is 0 Å². The molecule has 0 bridgehead atoms. The number of carbonyl (C=O) groups excluding carboxylic acids is 1. The Morgan fingerprint density at radius 3 is 2.50 bits per heavy atom. The fourth-order valence-corrected chi connectivity index (χ4v) is 1.99. The number of nitriles is 1. The van der Waals surface area contributed by atoms with Crippen LogP contribution in [-0.2, 0) is 4.79 Å². The molecular weight excluding hydrogens is 252 g/mol. The van der Waals surface area contributed by atoms with E-state index in [0.29, 0.717) is 32.5 Å². The van der Waals surface area contributed by atoms with Crippen molar-refractivity contribution >= 4 is 5.91 Å². The Morgan fingerprint density at radius 2 is 1.95 bits per heavy atom. The minimum absolute atomic E-state index is 0.0720. The molecule has 1 amide bonds. The normalized spacial score (nSPS) is 11.4. The fourth-order valence-electron chi connectivity index (χ4n) is 1.99. The van der Waals surface area contributed by atoms with Crippen molar-refractivity contribution in [3.8, 4) is 11.8 Å². The first-order valence-electron chi connectivity index (χ1n) is 7.09. The van der Waals surface area contributed by atoms with Gasteiger partial charge in [-0.25, -0.2) is 0 Å². The number of amides is 1. The first-order valence-corrected chi connectivity index (χ1v) is 7.09. The Labute approximate surface area is 121 Å². The quantitative estimate of drug-likeness (QED) is 0.685. The first kappa shape index (κ1) is 16.0. The van der Waals surface area contributed by atoms with Crippen LogP contribution in [0.15, 0.2) is 30.3 Å². The third-order valence-corrected chi connectivity index (χ3v) is 3.18. The number of carbonyl (C=O) groups is 1. The van der Waals surface area contributed by atoms with Crippen LogP contribution >= 0.6 is 0 Å². The van der Waals surface area contributed by atoms with Gasteiger partial charge in [-0.2, -0.15) is 5.26 Å². The van der Waals surface area contributed by atoms with Crippen LogP contribution in [0.5, 0.6) is 5.75 Å². The number of nitrogens with zero attached hydrogens (tertiary/aromatic N) is 2.